The molecule has 1 fully saturated rings. The summed E-state index contributed by atoms with van der Waals surface area (Å²) in [4.78, 5) is 18.9. The van der Waals surface area contributed by atoms with Gasteiger partial charge in [0.1, 0.15) is 5.78 Å². The average molecular weight is 398 g/mol. The molecule has 0 spiro atoms. The first kappa shape index (κ1) is 19.6. The van der Waals surface area contributed by atoms with Crippen LogP contribution in [0.4, 0.5) is 8.78 Å². The predicted octanol–water partition coefficient (Wildman–Crippen LogP) is 3.72. The molecule has 4 rings (SSSR count). The van der Waals surface area contributed by atoms with Crippen molar-refractivity contribution in [1.29, 1.82) is 0 Å². The molecule has 1 aromatic carbocycles. The highest BCUT2D eigenvalue weighted by Crippen LogP contribution is 2.25. The highest BCUT2D eigenvalue weighted by atomic mass is 19.3. The van der Waals surface area contributed by atoms with Gasteiger partial charge in [0.15, 0.2) is 0 Å². The maximum Gasteiger partial charge on any atom is 0.251 e. The first-order valence-electron chi connectivity index (χ1n) is 9.89. The van der Waals surface area contributed by atoms with E-state index in [-0.39, 0.29) is 24.7 Å². The molecule has 0 radical (unpaired) electrons. The summed E-state index contributed by atoms with van der Waals surface area (Å²) in [5.74, 6) is 0.0834. The lowest BCUT2D eigenvalue weighted by Gasteiger charge is -2.30. The summed E-state index contributed by atoms with van der Waals surface area (Å²) in [7, 11) is 1.89. The molecule has 152 valence electrons. The van der Waals surface area contributed by atoms with Crippen molar-refractivity contribution < 1.29 is 13.6 Å². The van der Waals surface area contributed by atoms with E-state index >= 15 is 0 Å². The Labute approximate surface area is 168 Å². The number of piperidine rings is 1. The Balaban J connectivity index is 1.44. The van der Waals surface area contributed by atoms with Crippen LogP contribution in [0.2, 0.25) is 0 Å². The van der Waals surface area contributed by atoms with Crippen molar-refractivity contribution in [2.45, 2.75) is 25.7 Å². The van der Waals surface area contributed by atoms with Gasteiger partial charge in [0.25, 0.3) is 6.43 Å². The number of alkyl halides is 2. The Morgan fingerprint density at radius 2 is 1.93 bits per heavy atom. The average Bonchev–Trinajstić information content (AvgIpc) is 3.14. The zero-order valence-electron chi connectivity index (χ0n) is 16.4. The molecule has 0 bridgehead atoms. The van der Waals surface area contributed by atoms with Gasteiger partial charge in [-0.15, -0.1) is 0 Å². The SMILES string of the molecule is Cn1cc(-c2ccc3cnc(CC(=O)C4CCN(CC(F)F)CC4)cc3c2)cn1. The number of Topliss-reactive ketones (excluding diaryl/α,β-unsaturated/α-hetero) is 1. The number of carbonyl (C=O) groups is 1. The third-order valence-electron chi connectivity index (χ3n) is 5.61. The number of hydrogen-bond acceptors (Lipinski definition) is 4. The van der Waals surface area contributed by atoms with E-state index in [2.05, 4.69) is 16.1 Å². The van der Waals surface area contributed by atoms with Crippen LogP contribution >= 0.6 is 0 Å². The van der Waals surface area contributed by atoms with Crippen molar-refractivity contribution in [3.63, 3.8) is 0 Å². The molecule has 5 nitrogen and oxygen atoms in total. The molecule has 3 aromatic rings. The minimum Gasteiger partial charge on any atom is -0.299 e. The normalized spacial score (nSPS) is 16.0. The van der Waals surface area contributed by atoms with Crippen molar-refractivity contribution >= 4 is 16.6 Å². The Bertz CT molecular complexity index is 1010. The topological polar surface area (TPSA) is 51.0 Å². The summed E-state index contributed by atoms with van der Waals surface area (Å²) in [6.07, 6.45) is 4.85. The fourth-order valence-electron chi connectivity index (χ4n) is 3.99. The van der Waals surface area contributed by atoms with E-state index in [4.69, 9.17) is 0 Å². The molecule has 0 saturated carbocycles. The second kappa shape index (κ2) is 8.37. The first-order chi connectivity index (χ1) is 14.0. The number of nitrogens with zero attached hydrogens (tertiary/aromatic N) is 4. The van der Waals surface area contributed by atoms with Crippen molar-refractivity contribution in [2.75, 3.05) is 19.6 Å². The number of halogens is 2. The molecule has 0 N–H and O–H groups in total. The van der Waals surface area contributed by atoms with Crippen LogP contribution in [0.15, 0.2) is 42.9 Å². The molecule has 7 heteroatoms. The summed E-state index contributed by atoms with van der Waals surface area (Å²) < 4.78 is 26.8. The van der Waals surface area contributed by atoms with Crippen molar-refractivity contribution in [3.8, 4) is 11.1 Å². The molecule has 0 unspecified atom stereocenters. The van der Waals surface area contributed by atoms with Crippen LogP contribution in [0.3, 0.4) is 0 Å². The van der Waals surface area contributed by atoms with Gasteiger partial charge in [0.2, 0.25) is 0 Å². The van der Waals surface area contributed by atoms with E-state index in [1.54, 1.807) is 15.8 Å². The van der Waals surface area contributed by atoms with E-state index in [0.717, 1.165) is 27.6 Å². The van der Waals surface area contributed by atoms with Gasteiger partial charge in [-0.25, -0.2) is 8.78 Å². The van der Waals surface area contributed by atoms with Crippen LogP contribution in [0.25, 0.3) is 21.9 Å². The number of aryl methyl sites for hydroxylation is 1. The van der Waals surface area contributed by atoms with Gasteiger partial charge in [-0.1, -0.05) is 12.1 Å². The lowest BCUT2D eigenvalue weighted by atomic mass is 9.90. The summed E-state index contributed by atoms with van der Waals surface area (Å²) in [6, 6.07) is 8.12. The number of ketones is 1. The van der Waals surface area contributed by atoms with Crippen molar-refractivity contribution in [2.24, 2.45) is 13.0 Å². The van der Waals surface area contributed by atoms with Gasteiger partial charge in [0.05, 0.1) is 12.7 Å². The minimum absolute atomic E-state index is 0.0665. The van der Waals surface area contributed by atoms with Crippen LogP contribution in [-0.2, 0) is 18.3 Å². The maximum absolute atomic E-state index is 12.7. The van der Waals surface area contributed by atoms with Gasteiger partial charge in [0, 0.05) is 48.4 Å². The number of hydrogen-bond donors (Lipinski definition) is 0. The number of benzene rings is 1. The summed E-state index contributed by atoms with van der Waals surface area (Å²) in [5, 5.41) is 6.28. The molecule has 0 amide bonds. The molecule has 2 aromatic heterocycles. The van der Waals surface area contributed by atoms with Gasteiger partial charge >= 0.3 is 0 Å². The quantitative estimate of drug-likeness (QED) is 0.635. The van der Waals surface area contributed by atoms with Crippen LogP contribution in [0.1, 0.15) is 18.5 Å². The maximum atomic E-state index is 12.7. The van der Waals surface area contributed by atoms with E-state index < -0.39 is 6.43 Å². The second-order valence-corrected chi connectivity index (χ2v) is 7.75. The van der Waals surface area contributed by atoms with Crippen LogP contribution in [-0.4, -0.2) is 51.5 Å². The zero-order chi connectivity index (χ0) is 20.4. The number of likely N-dealkylation sites (tertiary alicyclic amines) is 1. The second-order valence-electron chi connectivity index (χ2n) is 7.75. The van der Waals surface area contributed by atoms with Gasteiger partial charge in [-0.2, -0.15) is 5.10 Å². The lowest BCUT2D eigenvalue weighted by molar-refractivity contribution is -0.123. The third kappa shape index (κ3) is 4.67. The minimum atomic E-state index is -2.32. The molecule has 29 heavy (non-hydrogen) atoms. The van der Waals surface area contributed by atoms with Crippen LogP contribution in [0.5, 0.6) is 0 Å². The highest BCUT2D eigenvalue weighted by Gasteiger charge is 2.26. The monoisotopic (exact) mass is 398 g/mol. The molecule has 3 heterocycles. The summed E-state index contributed by atoms with van der Waals surface area (Å²) in [6.45, 7) is 0.910. The number of fused-ring (bicyclic) bond motifs is 1. The molecule has 1 saturated heterocycles. The molecule has 0 aliphatic carbocycles. The van der Waals surface area contributed by atoms with Gasteiger partial charge in [-0.3, -0.25) is 19.4 Å². The molecular formula is C22H24F2N4O. The van der Waals surface area contributed by atoms with Gasteiger partial charge in [-0.05, 0) is 49.0 Å². The zero-order valence-corrected chi connectivity index (χ0v) is 16.4. The largest absolute Gasteiger partial charge is 0.299 e. The van der Waals surface area contributed by atoms with Crippen LogP contribution < -0.4 is 0 Å². The van der Waals surface area contributed by atoms with Crippen molar-refractivity contribution in [3.05, 3.63) is 48.5 Å². The standard InChI is InChI=1S/C22H24F2N4O/c1-27-13-19(12-26-27)16-2-3-17-11-25-20(9-18(17)8-16)10-21(29)15-4-6-28(7-5-15)14-22(23)24/h2-3,8-9,11-13,15,22H,4-7,10,14H2,1H3. The molecule has 1 aliphatic heterocycles. The molecule has 1 aliphatic rings. The smallest absolute Gasteiger partial charge is 0.251 e. The van der Waals surface area contributed by atoms with Crippen LogP contribution in [0, 0.1) is 5.92 Å². The highest BCUT2D eigenvalue weighted by molar-refractivity contribution is 5.88. The first-order valence-corrected chi connectivity index (χ1v) is 9.89. The summed E-state index contributed by atoms with van der Waals surface area (Å²) >= 11 is 0. The molecular weight excluding hydrogens is 374 g/mol. The van der Waals surface area contributed by atoms with E-state index in [0.29, 0.717) is 25.9 Å². The third-order valence-corrected chi connectivity index (χ3v) is 5.61. The fraction of sp³-hybridized carbons (Fsp3) is 0.409. The van der Waals surface area contributed by atoms with E-state index in [9.17, 15) is 13.6 Å². The Kier molecular flexibility index (Phi) is 5.67. The van der Waals surface area contributed by atoms with E-state index in [1.165, 1.54) is 0 Å². The van der Waals surface area contributed by atoms with E-state index in [1.807, 2.05) is 37.6 Å². The number of rotatable bonds is 6. The number of carbonyl (C=O) groups excluding carboxylic acids is 1. The predicted molar refractivity (Wildman–Crippen MR) is 108 cm³/mol. The Hall–Kier alpha value is -2.67. The summed E-state index contributed by atoms with van der Waals surface area (Å²) in [5.41, 5.74) is 2.86. The Morgan fingerprint density at radius 1 is 1.14 bits per heavy atom. The number of aromatic nitrogens is 3. The number of pyridine rings is 1. The Morgan fingerprint density at radius 3 is 2.62 bits per heavy atom. The van der Waals surface area contributed by atoms with Gasteiger partial charge < -0.3 is 0 Å². The fourth-order valence-corrected chi connectivity index (χ4v) is 3.99. The molecule has 0 atom stereocenters. The van der Waals surface area contributed by atoms with Crippen molar-refractivity contribution in [1.82, 2.24) is 19.7 Å². The lowest BCUT2D eigenvalue weighted by Crippen LogP contribution is -2.39.